The molecule has 0 spiro atoms. The highest BCUT2D eigenvalue weighted by molar-refractivity contribution is 5.88. The zero-order chi connectivity index (χ0) is 20.5. The number of ether oxygens (including phenoxy) is 1. The first-order valence-electron chi connectivity index (χ1n) is 9.02. The maximum atomic E-state index is 12.3. The van der Waals surface area contributed by atoms with Crippen molar-refractivity contribution < 1.29 is 28.0 Å². The summed E-state index contributed by atoms with van der Waals surface area (Å²) in [6.45, 7) is -0.666. The smallest absolute Gasteiger partial charge is 0.387 e. The van der Waals surface area contributed by atoms with Crippen molar-refractivity contribution in [2.24, 2.45) is 0 Å². The first-order chi connectivity index (χ1) is 13.3. The van der Waals surface area contributed by atoms with Gasteiger partial charge in [-0.15, -0.1) is 0 Å². The van der Waals surface area contributed by atoms with Crippen molar-refractivity contribution in [3.63, 3.8) is 0 Å². The summed E-state index contributed by atoms with van der Waals surface area (Å²) in [4.78, 5) is 25.1. The van der Waals surface area contributed by atoms with Crippen LogP contribution in [0.15, 0.2) is 54.6 Å². The van der Waals surface area contributed by atoms with Crippen LogP contribution in [0.3, 0.4) is 0 Å². The fraction of sp³-hybridized carbons (Fsp3) is 0.333. The van der Waals surface area contributed by atoms with Crippen LogP contribution in [0.25, 0.3) is 0 Å². The van der Waals surface area contributed by atoms with Gasteiger partial charge in [0, 0.05) is 5.56 Å². The highest BCUT2D eigenvalue weighted by atomic mass is 19.3. The Morgan fingerprint density at radius 1 is 1.04 bits per heavy atom. The molecule has 2 aromatic carbocycles. The lowest BCUT2D eigenvalue weighted by Gasteiger charge is -2.18. The highest BCUT2D eigenvalue weighted by Crippen LogP contribution is 2.14. The zero-order valence-electron chi connectivity index (χ0n) is 16.0. The molecule has 0 aromatic heterocycles. The number of quaternary nitrogens is 1. The molecule has 0 fully saturated rings. The first kappa shape index (κ1) is 21.5. The van der Waals surface area contributed by atoms with Crippen LogP contribution in [0, 0.1) is 0 Å². The normalized spacial score (nSPS) is 13.0. The molecule has 2 rings (SSSR count). The molecule has 2 N–H and O–H groups in total. The van der Waals surface area contributed by atoms with Crippen LogP contribution >= 0.6 is 0 Å². The third kappa shape index (κ3) is 7.44. The summed E-state index contributed by atoms with van der Waals surface area (Å²) in [6, 6.07) is 15.3. The van der Waals surface area contributed by atoms with Crippen LogP contribution in [0.2, 0.25) is 0 Å². The molecule has 5 nitrogen and oxygen atoms in total. The van der Waals surface area contributed by atoms with Gasteiger partial charge in [0.05, 0.1) is 13.1 Å². The Balaban J connectivity index is 1.85. The number of ketones is 1. The van der Waals surface area contributed by atoms with E-state index in [0.29, 0.717) is 13.0 Å². The van der Waals surface area contributed by atoms with E-state index in [1.165, 1.54) is 19.1 Å². The van der Waals surface area contributed by atoms with Crippen LogP contribution in [0.1, 0.15) is 18.1 Å². The molecule has 0 aliphatic rings. The highest BCUT2D eigenvalue weighted by Gasteiger charge is 2.20. The second-order valence-electron chi connectivity index (χ2n) is 6.75. The maximum Gasteiger partial charge on any atom is 0.387 e. The number of halogens is 2. The number of likely N-dealkylation sites (N-methyl/N-ethyl adjacent to an activating group) is 1. The van der Waals surface area contributed by atoms with Crippen molar-refractivity contribution in [2.45, 2.75) is 32.5 Å². The van der Waals surface area contributed by atoms with Crippen molar-refractivity contribution in [2.75, 3.05) is 13.6 Å². The molecule has 150 valence electrons. The van der Waals surface area contributed by atoms with Crippen molar-refractivity contribution in [1.82, 2.24) is 5.32 Å². The number of hydrogen-bond donors (Lipinski definition) is 2. The minimum Gasteiger partial charge on any atom is -0.435 e. The number of Topliss-reactive ketones (excluding diaryl/α,β-unsaturated/α-hetero) is 1. The van der Waals surface area contributed by atoms with E-state index >= 15 is 0 Å². The Morgan fingerprint density at radius 2 is 1.68 bits per heavy atom. The van der Waals surface area contributed by atoms with E-state index in [-0.39, 0.29) is 24.0 Å². The van der Waals surface area contributed by atoms with Crippen LogP contribution < -0.4 is 15.0 Å². The third-order valence-corrected chi connectivity index (χ3v) is 4.23. The molecule has 0 aliphatic heterocycles. The summed E-state index contributed by atoms with van der Waals surface area (Å²) in [5, 5.41) is 2.80. The predicted octanol–water partition coefficient (Wildman–Crippen LogP) is 1.62. The van der Waals surface area contributed by atoms with Gasteiger partial charge in [0.2, 0.25) is 0 Å². The quantitative estimate of drug-likeness (QED) is 0.647. The molecule has 0 heterocycles. The van der Waals surface area contributed by atoms with Gasteiger partial charge in [0.15, 0.2) is 12.3 Å². The van der Waals surface area contributed by atoms with Gasteiger partial charge in [-0.25, -0.2) is 0 Å². The summed E-state index contributed by atoms with van der Waals surface area (Å²) < 4.78 is 28.7. The summed E-state index contributed by atoms with van der Waals surface area (Å²) in [7, 11) is 1.85. The number of benzene rings is 2. The molecule has 0 aliphatic carbocycles. The Bertz CT molecular complexity index is 767. The Morgan fingerprint density at radius 3 is 2.25 bits per heavy atom. The topological polar surface area (TPSA) is 59.8 Å². The van der Waals surface area contributed by atoms with Gasteiger partial charge in [-0.2, -0.15) is 8.78 Å². The monoisotopic (exact) mass is 391 g/mol. The van der Waals surface area contributed by atoms with Crippen molar-refractivity contribution in [1.29, 1.82) is 0 Å². The number of carbonyl (C=O) groups is 2. The number of amides is 1. The van der Waals surface area contributed by atoms with Gasteiger partial charge in [-0.05, 0) is 43.2 Å². The number of alkyl halides is 2. The summed E-state index contributed by atoms with van der Waals surface area (Å²) >= 11 is 0. The minimum atomic E-state index is -2.85. The standard InChI is InChI=1S/C21H24F2N2O3/c1-15(26)19(12-16-6-4-3-5-7-16)24-20(27)14-25(2)13-17-8-10-18(11-9-17)28-21(22)23/h3-11,19,21H,12-14H2,1-2H3,(H,24,27)/p+1/t19-/m0/s1. The third-order valence-electron chi connectivity index (χ3n) is 4.23. The molecule has 0 radical (unpaired) electrons. The second kappa shape index (κ2) is 10.5. The summed E-state index contributed by atoms with van der Waals surface area (Å²) in [5.74, 6) is -0.213. The Kier molecular flexibility index (Phi) is 8.07. The molecule has 0 saturated carbocycles. The van der Waals surface area contributed by atoms with Gasteiger partial charge in [-0.3, -0.25) is 9.59 Å². The van der Waals surface area contributed by atoms with E-state index in [2.05, 4.69) is 10.1 Å². The van der Waals surface area contributed by atoms with Gasteiger partial charge < -0.3 is 15.0 Å². The molecule has 2 atom stereocenters. The van der Waals surface area contributed by atoms with E-state index in [9.17, 15) is 18.4 Å². The van der Waals surface area contributed by atoms with Crippen LogP contribution in [0.4, 0.5) is 8.78 Å². The van der Waals surface area contributed by atoms with Gasteiger partial charge in [-0.1, -0.05) is 30.3 Å². The Labute approximate surface area is 163 Å². The summed E-state index contributed by atoms with van der Waals surface area (Å²) in [5.41, 5.74) is 1.87. The first-order valence-corrected chi connectivity index (χ1v) is 9.02. The molecule has 1 amide bonds. The van der Waals surface area contributed by atoms with Crippen molar-refractivity contribution in [3.05, 3.63) is 65.7 Å². The lowest BCUT2D eigenvalue weighted by atomic mass is 10.0. The maximum absolute atomic E-state index is 12.3. The average Bonchev–Trinajstić information content (AvgIpc) is 2.63. The summed E-state index contributed by atoms with van der Waals surface area (Å²) in [6.07, 6.45) is 0.451. The molecular weight excluding hydrogens is 366 g/mol. The molecule has 0 bridgehead atoms. The number of carbonyl (C=O) groups excluding carboxylic acids is 2. The fourth-order valence-corrected chi connectivity index (χ4v) is 2.87. The number of rotatable bonds is 10. The Hall–Kier alpha value is -2.80. The molecule has 28 heavy (non-hydrogen) atoms. The van der Waals surface area contributed by atoms with E-state index in [1.54, 1.807) is 12.1 Å². The molecule has 1 unspecified atom stereocenters. The number of nitrogens with one attached hydrogen (secondary N) is 2. The van der Waals surface area contributed by atoms with Crippen LogP contribution in [-0.2, 0) is 22.6 Å². The lowest BCUT2D eigenvalue weighted by Crippen LogP contribution is -3.09. The van der Waals surface area contributed by atoms with E-state index in [4.69, 9.17) is 0 Å². The minimum absolute atomic E-state index is 0.0931. The van der Waals surface area contributed by atoms with Crippen LogP contribution in [0.5, 0.6) is 5.75 Å². The van der Waals surface area contributed by atoms with E-state index in [0.717, 1.165) is 16.0 Å². The van der Waals surface area contributed by atoms with E-state index in [1.807, 2.05) is 37.4 Å². The number of hydrogen-bond acceptors (Lipinski definition) is 3. The van der Waals surface area contributed by atoms with Gasteiger partial charge >= 0.3 is 6.61 Å². The molecule has 0 saturated heterocycles. The van der Waals surface area contributed by atoms with Gasteiger partial charge in [0.1, 0.15) is 12.3 Å². The molecular formula is C21H25F2N2O3+. The van der Waals surface area contributed by atoms with Gasteiger partial charge in [0.25, 0.3) is 5.91 Å². The lowest BCUT2D eigenvalue weighted by molar-refractivity contribution is -0.885. The predicted molar refractivity (Wildman–Crippen MR) is 101 cm³/mol. The molecule has 7 heteroatoms. The SMILES string of the molecule is CC(=O)[C@H](Cc1ccccc1)NC(=O)C[NH+](C)Cc1ccc(OC(F)F)cc1. The van der Waals surface area contributed by atoms with Crippen LogP contribution in [-0.4, -0.2) is 37.9 Å². The van der Waals surface area contributed by atoms with Crippen molar-refractivity contribution in [3.8, 4) is 5.75 Å². The molecule has 2 aromatic rings. The zero-order valence-corrected chi connectivity index (χ0v) is 16.0. The fourth-order valence-electron chi connectivity index (χ4n) is 2.87. The largest absolute Gasteiger partial charge is 0.435 e. The second-order valence-corrected chi connectivity index (χ2v) is 6.75. The van der Waals surface area contributed by atoms with E-state index < -0.39 is 12.7 Å². The average molecular weight is 391 g/mol. The van der Waals surface area contributed by atoms with Crippen molar-refractivity contribution >= 4 is 11.7 Å².